The molecular weight excluding hydrogens is 364 g/mol. The normalized spacial score (nSPS) is 17.1. The number of aromatic nitrogens is 2. The minimum atomic E-state index is -0.659. The third-order valence-electron chi connectivity index (χ3n) is 4.20. The first kappa shape index (κ1) is 16.7. The van der Waals surface area contributed by atoms with E-state index < -0.39 is 11.6 Å². The largest absolute Gasteiger partial charge is 0.334 e. The van der Waals surface area contributed by atoms with Gasteiger partial charge in [-0.2, -0.15) is 4.98 Å². The molecule has 1 atom stereocenters. The number of amides is 1. The fraction of sp³-hybridized carbons (Fsp3) is 0.167. The number of hydrogen-bond donors (Lipinski definition) is 0. The molecule has 26 heavy (non-hydrogen) atoms. The summed E-state index contributed by atoms with van der Waals surface area (Å²) >= 11 is 5.95. The molecule has 0 bridgehead atoms. The van der Waals surface area contributed by atoms with E-state index in [9.17, 15) is 13.6 Å². The van der Waals surface area contributed by atoms with Crippen LogP contribution in [0, 0.1) is 11.6 Å². The van der Waals surface area contributed by atoms with Gasteiger partial charge in [0, 0.05) is 35.5 Å². The molecule has 5 nitrogen and oxygen atoms in total. The number of hydrogen-bond acceptors (Lipinski definition) is 4. The van der Waals surface area contributed by atoms with Crippen LogP contribution in [0.1, 0.15) is 18.2 Å². The highest BCUT2D eigenvalue weighted by atomic mass is 35.5. The van der Waals surface area contributed by atoms with Gasteiger partial charge in [-0.05, 0) is 30.3 Å². The third kappa shape index (κ3) is 3.06. The number of carbonyl (C=O) groups is 1. The van der Waals surface area contributed by atoms with E-state index in [1.54, 1.807) is 24.3 Å². The first-order valence-corrected chi connectivity index (χ1v) is 8.24. The fourth-order valence-electron chi connectivity index (χ4n) is 2.95. The Morgan fingerprint density at radius 2 is 2.04 bits per heavy atom. The minimum Gasteiger partial charge on any atom is -0.334 e. The number of rotatable bonds is 3. The van der Waals surface area contributed by atoms with Gasteiger partial charge in [0.25, 0.3) is 5.89 Å². The van der Waals surface area contributed by atoms with Crippen molar-refractivity contribution in [3.63, 3.8) is 0 Å². The lowest BCUT2D eigenvalue weighted by molar-refractivity contribution is -0.117. The molecule has 1 fully saturated rings. The standard InChI is InChI=1S/C18H12ClF2N3O2/c19-12-3-1-2-10(6-12)18-22-17(23-26-18)11-7-16(25)24(9-11)15-8-13(20)4-5-14(15)21/h1-6,8,11H,7,9H2. The summed E-state index contributed by atoms with van der Waals surface area (Å²) in [4.78, 5) is 17.8. The molecule has 0 spiro atoms. The highest BCUT2D eigenvalue weighted by Gasteiger charge is 2.36. The first-order valence-electron chi connectivity index (χ1n) is 7.86. The Morgan fingerprint density at radius 1 is 1.19 bits per heavy atom. The van der Waals surface area contributed by atoms with Crippen LogP contribution in [0.3, 0.4) is 0 Å². The van der Waals surface area contributed by atoms with Crippen LogP contribution in [-0.4, -0.2) is 22.6 Å². The molecule has 1 aliphatic rings. The van der Waals surface area contributed by atoms with Gasteiger partial charge in [-0.3, -0.25) is 4.79 Å². The minimum absolute atomic E-state index is 0.0870. The van der Waals surface area contributed by atoms with E-state index in [1.165, 1.54) is 4.90 Å². The number of nitrogens with zero attached hydrogens (tertiary/aromatic N) is 3. The highest BCUT2D eigenvalue weighted by molar-refractivity contribution is 6.30. The van der Waals surface area contributed by atoms with Crippen molar-refractivity contribution in [1.29, 1.82) is 0 Å². The number of carbonyl (C=O) groups excluding carboxylic acids is 1. The number of benzene rings is 2. The molecule has 0 aliphatic carbocycles. The Bertz CT molecular complexity index is 992. The van der Waals surface area contributed by atoms with Gasteiger partial charge in [0.1, 0.15) is 11.6 Å². The van der Waals surface area contributed by atoms with Crippen molar-refractivity contribution in [3.05, 3.63) is 64.9 Å². The molecule has 2 heterocycles. The van der Waals surface area contributed by atoms with Crippen molar-refractivity contribution < 1.29 is 18.1 Å². The van der Waals surface area contributed by atoms with Gasteiger partial charge >= 0.3 is 0 Å². The zero-order chi connectivity index (χ0) is 18.3. The van der Waals surface area contributed by atoms with Crippen LogP contribution in [0.2, 0.25) is 5.02 Å². The van der Waals surface area contributed by atoms with E-state index in [4.69, 9.17) is 16.1 Å². The molecule has 1 aromatic heterocycles. The molecule has 1 amide bonds. The third-order valence-corrected chi connectivity index (χ3v) is 4.44. The van der Waals surface area contributed by atoms with Crippen LogP contribution in [0.15, 0.2) is 47.0 Å². The van der Waals surface area contributed by atoms with Crippen LogP contribution < -0.4 is 4.90 Å². The van der Waals surface area contributed by atoms with Crippen LogP contribution in [0.25, 0.3) is 11.5 Å². The van der Waals surface area contributed by atoms with Gasteiger partial charge in [-0.15, -0.1) is 0 Å². The Kier molecular flexibility index (Phi) is 4.16. The smallest absolute Gasteiger partial charge is 0.257 e. The molecule has 1 unspecified atom stereocenters. The zero-order valence-corrected chi connectivity index (χ0v) is 14.1. The van der Waals surface area contributed by atoms with Gasteiger partial charge in [0.15, 0.2) is 5.82 Å². The van der Waals surface area contributed by atoms with Crippen LogP contribution in [0.4, 0.5) is 14.5 Å². The van der Waals surface area contributed by atoms with Gasteiger partial charge in [0.2, 0.25) is 5.91 Å². The summed E-state index contributed by atoms with van der Waals surface area (Å²) in [5.74, 6) is -1.35. The molecule has 0 N–H and O–H groups in total. The summed E-state index contributed by atoms with van der Waals surface area (Å²) in [5.41, 5.74) is 0.574. The van der Waals surface area contributed by atoms with Crippen molar-refractivity contribution in [3.8, 4) is 11.5 Å². The van der Waals surface area contributed by atoms with Gasteiger partial charge in [-0.25, -0.2) is 8.78 Å². The Morgan fingerprint density at radius 3 is 2.85 bits per heavy atom. The van der Waals surface area contributed by atoms with Crippen molar-refractivity contribution in [2.45, 2.75) is 12.3 Å². The Labute approximate surface area is 152 Å². The quantitative estimate of drug-likeness (QED) is 0.688. The molecule has 0 radical (unpaired) electrons. The molecule has 1 aliphatic heterocycles. The van der Waals surface area contributed by atoms with Crippen molar-refractivity contribution in [1.82, 2.24) is 10.1 Å². The summed E-state index contributed by atoms with van der Waals surface area (Å²) in [6.07, 6.45) is 0.0878. The summed E-state index contributed by atoms with van der Waals surface area (Å²) < 4.78 is 32.6. The van der Waals surface area contributed by atoms with Crippen molar-refractivity contribution in [2.75, 3.05) is 11.4 Å². The maximum Gasteiger partial charge on any atom is 0.257 e. The Balaban J connectivity index is 1.59. The molecule has 3 aromatic rings. The van der Waals surface area contributed by atoms with Crippen molar-refractivity contribution in [2.24, 2.45) is 0 Å². The first-order chi connectivity index (χ1) is 12.5. The zero-order valence-electron chi connectivity index (χ0n) is 13.3. The average molecular weight is 376 g/mol. The molecule has 4 rings (SSSR count). The number of halogens is 3. The van der Waals surface area contributed by atoms with Crippen LogP contribution in [0.5, 0.6) is 0 Å². The predicted molar refractivity (Wildman–Crippen MR) is 90.8 cm³/mol. The fourth-order valence-corrected chi connectivity index (χ4v) is 3.14. The van der Waals surface area contributed by atoms with E-state index in [1.807, 2.05) is 0 Å². The topological polar surface area (TPSA) is 59.2 Å². The molecule has 2 aromatic carbocycles. The lowest BCUT2D eigenvalue weighted by atomic mass is 10.1. The van der Waals surface area contributed by atoms with Crippen LogP contribution >= 0.6 is 11.6 Å². The van der Waals surface area contributed by atoms with Crippen molar-refractivity contribution >= 4 is 23.2 Å². The molecular formula is C18H12ClF2N3O2. The second-order valence-electron chi connectivity index (χ2n) is 5.97. The number of anilines is 1. The van der Waals surface area contributed by atoms with E-state index in [0.29, 0.717) is 16.4 Å². The van der Waals surface area contributed by atoms with E-state index in [0.717, 1.165) is 18.2 Å². The van der Waals surface area contributed by atoms with E-state index in [2.05, 4.69) is 10.1 Å². The van der Waals surface area contributed by atoms with Gasteiger partial charge < -0.3 is 9.42 Å². The lowest BCUT2D eigenvalue weighted by Crippen LogP contribution is -2.25. The summed E-state index contributed by atoms with van der Waals surface area (Å²) in [7, 11) is 0. The Hall–Kier alpha value is -2.80. The summed E-state index contributed by atoms with van der Waals surface area (Å²) in [6, 6.07) is 9.95. The maximum absolute atomic E-state index is 14.0. The molecule has 132 valence electrons. The second-order valence-corrected chi connectivity index (χ2v) is 6.41. The molecule has 0 saturated carbocycles. The second kappa shape index (κ2) is 6.49. The average Bonchev–Trinajstić information content (AvgIpc) is 3.24. The molecule has 8 heteroatoms. The summed E-state index contributed by atoms with van der Waals surface area (Å²) in [6.45, 7) is 0.147. The van der Waals surface area contributed by atoms with Gasteiger partial charge in [0.05, 0.1) is 5.69 Å². The highest BCUT2D eigenvalue weighted by Crippen LogP contribution is 2.33. The van der Waals surface area contributed by atoms with E-state index in [-0.39, 0.29) is 36.4 Å². The van der Waals surface area contributed by atoms with Gasteiger partial charge in [-0.1, -0.05) is 22.8 Å². The lowest BCUT2D eigenvalue weighted by Gasteiger charge is -2.16. The summed E-state index contributed by atoms with van der Waals surface area (Å²) in [5, 5.41) is 4.46. The SMILES string of the molecule is O=C1CC(c2noc(-c3cccc(Cl)c3)n2)CN1c1cc(F)ccc1F. The van der Waals surface area contributed by atoms with Crippen LogP contribution in [-0.2, 0) is 4.79 Å². The molecule has 1 saturated heterocycles. The maximum atomic E-state index is 14.0. The predicted octanol–water partition coefficient (Wildman–Crippen LogP) is 4.19. The van der Waals surface area contributed by atoms with E-state index >= 15 is 0 Å². The monoisotopic (exact) mass is 375 g/mol.